The molecule has 9 heteroatoms. The summed E-state index contributed by atoms with van der Waals surface area (Å²) in [5.74, 6) is 0.304. The standard InChI is InChI=1S/C20H21N7O2/c1-2-17-26-23-12-27(17)11-13(1)15-9-21-18-16(15)10-22-19(25-18)24-14-3-5-20(6-4-14)28-7-8-29-20/h1-2,9-12,14H,3-8H2,(H2,21,22,24,25). The molecule has 1 saturated carbocycles. The number of anilines is 1. The third-order valence-electron chi connectivity index (χ3n) is 5.93. The van der Waals surface area contributed by atoms with Gasteiger partial charge in [0, 0.05) is 54.0 Å². The van der Waals surface area contributed by atoms with Gasteiger partial charge in [0.25, 0.3) is 0 Å². The number of aromatic amines is 1. The summed E-state index contributed by atoms with van der Waals surface area (Å²) in [5.41, 5.74) is 3.74. The molecule has 6 rings (SSSR count). The van der Waals surface area contributed by atoms with E-state index in [1.54, 1.807) is 6.33 Å². The van der Waals surface area contributed by atoms with Crippen LogP contribution in [0.5, 0.6) is 0 Å². The summed E-state index contributed by atoms with van der Waals surface area (Å²) in [4.78, 5) is 12.5. The summed E-state index contributed by atoms with van der Waals surface area (Å²) in [7, 11) is 0. The minimum absolute atomic E-state index is 0.330. The molecule has 29 heavy (non-hydrogen) atoms. The maximum absolute atomic E-state index is 5.81. The number of hydrogen-bond acceptors (Lipinski definition) is 7. The fraction of sp³-hybridized carbons (Fsp3) is 0.400. The maximum Gasteiger partial charge on any atom is 0.224 e. The van der Waals surface area contributed by atoms with E-state index < -0.39 is 0 Å². The van der Waals surface area contributed by atoms with Crippen LogP contribution in [0, 0.1) is 0 Å². The molecule has 9 nitrogen and oxygen atoms in total. The van der Waals surface area contributed by atoms with Crippen LogP contribution in [0.1, 0.15) is 25.7 Å². The second-order valence-electron chi connectivity index (χ2n) is 7.70. The Hall–Kier alpha value is -3.04. The van der Waals surface area contributed by atoms with E-state index in [1.807, 2.05) is 35.1 Å². The first-order chi connectivity index (χ1) is 14.3. The number of aromatic nitrogens is 6. The van der Waals surface area contributed by atoms with E-state index >= 15 is 0 Å². The van der Waals surface area contributed by atoms with E-state index in [2.05, 4.69) is 30.5 Å². The van der Waals surface area contributed by atoms with Crippen LogP contribution in [0.3, 0.4) is 0 Å². The van der Waals surface area contributed by atoms with Crippen molar-refractivity contribution in [2.45, 2.75) is 37.5 Å². The van der Waals surface area contributed by atoms with Crippen LogP contribution in [0.4, 0.5) is 5.95 Å². The highest BCUT2D eigenvalue weighted by atomic mass is 16.7. The highest BCUT2D eigenvalue weighted by Crippen LogP contribution is 2.36. The van der Waals surface area contributed by atoms with Gasteiger partial charge in [-0.05, 0) is 25.0 Å². The largest absolute Gasteiger partial charge is 0.351 e. The van der Waals surface area contributed by atoms with Gasteiger partial charge >= 0.3 is 0 Å². The van der Waals surface area contributed by atoms with Gasteiger partial charge in [0.15, 0.2) is 11.4 Å². The Morgan fingerprint density at radius 1 is 1.17 bits per heavy atom. The Kier molecular flexibility index (Phi) is 3.78. The van der Waals surface area contributed by atoms with E-state index in [-0.39, 0.29) is 5.79 Å². The molecule has 0 aromatic carbocycles. The molecule has 4 aromatic rings. The van der Waals surface area contributed by atoms with Crippen LogP contribution in [-0.4, -0.2) is 54.6 Å². The van der Waals surface area contributed by atoms with Gasteiger partial charge in [-0.3, -0.25) is 4.40 Å². The molecule has 148 valence electrons. The molecule has 2 fully saturated rings. The molecule has 0 radical (unpaired) electrons. The summed E-state index contributed by atoms with van der Waals surface area (Å²) < 4.78 is 13.5. The second-order valence-corrected chi connectivity index (χ2v) is 7.70. The molecule has 1 saturated heterocycles. The lowest BCUT2D eigenvalue weighted by Crippen LogP contribution is -2.39. The van der Waals surface area contributed by atoms with Gasteiger partial charge in [0.2, 0.25) is 5.95 Å². The van der Waals surface area contributed by atoms with Gasteiger partial charge in [0.05, 0.1) is 13.2 Å². The zero-order valence-electron chi connectivity index (χ0n) is 15.8. The number of nitrogens with one attached hydrogen (secondary N) is 2. The zero-order chi connectivity index (χ0) is 19.3. The number of H-pyrrole nitrogens is 1. The summed E-state index contributed by atoms with van der Waals surface area (Å²) >= 11 is 0. The highest BCUT2D eigenvalue weighted by molar-refractivity contribution is 5.93. The predicted molar refractivity (Wildman–Crippen MR) is 106 cm³/mol. The fourth-order valence-electron chi connectivity index (χ4n) is 4.37. The summed E-state index contributed by atoms with van der Waals surface area (Å²) in [5, 5.41) is 12.4. The molecule has 0 unspecified atom stereocenters. The monoisotopic (exact) mass is 391 g/mol. The van der Waals surface area contributed by atoms with E-state index in [0.717, 1.165) is 53.5 Å². The van der Waals surface area contributed by atoms with Crippen molar-refractivity contribution in [2.75, 3.05) is 18.5 Å². The molecule has 1 aliphatic carbocycles. The van der Waals surface area contributed by atoms with Crippen LogP contribution in [0.25, 0.3) is 27.8 Å². The topological polar surface area (TPSA) is 102 Å². The number of pyridine rings is 1. The minimum Gasteiger partial charge on any atom is -0.351 e. The SMILES string of the molecule is c1cc2nncn2cc1-c1c[nH]c2nc(NC3CCC4(CC3)OCCO4)ncc12. The van der Waals surface area contributed by atoms with Crippen molar-refractivity contribution < 1.29 is 9.47 Å². The number of ether oxygens (including phenoxy) is 2. The van der Waals surface area contributed by atoms with Gasteiger partial charge in [-0.2, -0.15) is 4.98 Å². The van der Waals surface area contributed by atoms with Crippen LogP contribution < -0.4 is 5.32 Å². The van der Waals surface area contributed by atoms with Crippen molar-refractivity contribution in [1.82, 2.24) is 29.5 Å². The lowest BCUT2D eigenvalue weighted by molar-refractivity contribution is -0.177. The first kappa shape index (κ1) is 16.9. The molecule has 1 spiro atoms. The maximum atomic E-state index is 5.81. The normalized spacial score (nSPS) is 19.4. The van der Waals surface area contributed by atoms with Crippen molar-refractivity contribution in [3.8, 4) is 11.1 Å². The molecule has 0 amide bonds. The van der Waals surface area contributed by atoms with Crippen molar-refractivity contribution >= 4 is 22.6 Å². The molecular formula is C20H21N7O2. The Balaban J connectivity index is 1.22. The highest BCUT2D eigenvalue weighted by Gasteiger charge is 2.40. The number of hydrogen-bond donors (Lipinski definition) is 2. The zero-order valence-corrected chi connectivity index (χ0v) is 15.8. The Bertz CT molecular complexity index is 1170. The number of nitrogens with zero attached hydrogens (tertiary/aromatic N) is 5. The van der Waals surface area contributed by atoms with Gasteiger partial charge < -0.3 is 19.8 Å². The average molecular weight is 391 g/mol. The van der Waals surface area contributed by atoms with Gasteiger partial charge in [-0.15, -0.1) is 10.2 Å². The van der Waals surface area contributed by atoms with E-state index in [1.165, 1.54) is 0 Å². The lowest BCUT2D eigenvalue weighted by atomic mass is 9.90. The van der Waals surface area contributed by atoms with Gasteiger partial charge in [-0.25, -0.2) is 4.98 Å². The van der Waals surface area contributed by atoms with Gasteiger partial charge in [0.1, 0.15) is 12.0 Å². The minimum atomic E-state index is -0.344. The number of fused-ring (bicyclic) bond motifs is 2. The predicted octanol–water partition coefficient (Wildman–Crippen LogP) is 2.77. The van der Waals surface area contributed by atoms with Crippen LogP contribution in [-0.2, 0) is 9.47 Å². The van der Waals surface area contributed by atoms with Crippen LogP contribution in [0.15, 0.2) is 37.1 Å². The molecule has 5 heterocycles. The van der Waals surface area contributed by atoms with Crippen molar-refractivity contribution in [3.05, 3.63) is 37.1 Å². The Morgan fingerprint density at radius 3 is 2.90 bits per heavy atom. The van der Waals surface area contributed by atoms with Crippen molar-refractivity contribution in [2.24, 2.45) is 0 Å². The Labute approximate surface area is 166 Å². The van der Waals surface area contributed by atoms with E-state index in [4.69, 9.17) is 9.47 Å². The fourth-order valence-corrected chi connectivity index (χ4v) is 4.37. The summed E-state index contributed by atoms with van der Waals surface area (Å²) in [6.45, 7) is 1.41. The number of rotatable bonds is 3. The molecule has 4 aromatic heterocycles. The first-order valence-corrected chi connectivity index (χ1v) is 9.96. The lowest BCUT2D eigenvalue weighted by Gasteiger charge is -2.35. The van der Waals surface area contributed by atoms with Crippen LogP contribution >= 0.6 is 0 Å². The molecule has 0 atom stereocenters. The summed E-state index contributed by atoms with van der Waals surface area (Å²) in [6, 6.07) is 4.31. The quantitative estimate of drug-likeness (QED) is 0.554. The van der Waals surface area contributed by atoms with Gasteiger partial charge in [-0.1, -0.05) is 0 Å². The third kappa shape index (κ3) is 2.93. The Morgan fingerprint density at radius 2 is 2.03 bits per heavy atom. The van der Waals surface area contributed by atoms with E-state index in [0.29, 0.717) is 25.2 Å². The third-order valence-corrected chi connectivity index (χ3v) is 5.93. The van der Waals surface area contributed by atoms with Crippen molar-refractivity contribution in [3.63, 3.8) is 0 Å². The summed E-state index contributed by atoms with van der Waals surface area (Å²) in [6.07, 6.45) is 11.3. The van der Waals surface area contributed by atoms with Crippen LogP contribution in [0.2, 0.25) is 0 Å². The molecular weight excluding hydrogens is 370 g/mol. The van der Waals surface area contributed by atoms with E-state index in [9.17, 15) is 0 Å². The second kappa shape index (κ2) is 6.50. The molecule has 2 aliphatic rings. The van der Waals surface area contributed by atoms with Crippen molar-refractivity contribution in [1.29, 1.82) is 0 Å². The smallest absolute Gasteiger partial charge is 0.224 e. The molecule has 0 bridgehead atoms. The molecule has 2 N–H and O–H groups in total. The molecule has 1 aliphatic heterocycles. The average Bonchev–Trinajstić information content (AvgIpc) is 3.49. The first-order valence-electron chi connectivity index (χ1n) is 9.96.